The summed E-state index contributed by atoms with van der Waals surface area (Å²) in [4.78, 5) is 20.1. The molecule has 7 heteroatoms. The minimum absolute atomic E-state index is 0.104. The van der Waals surface area contributed by atoms with Crippen LogP contribution in [0.15, 0.2) is 10.9 Å². The summed E-state index contributed by atoms with van der Waals surface area (Å²) in [6, 6.07) is 1.46. The topological polar surface area (TPSA) is 98.3 Å². The van der Waals surface area contributed by atoms with Crippen LogP contribution in [0.25, 0.3) is 5.78 Å². The first-order valence-corrected chi connectivity index (χ1v) is 5.91. The first kappa shape index (κ1) is 12.7. The van der Waals surface area contributed by atoms with E-state index < -0.39 is 0 Å². The van der Waals surface area contributed by atoms with Gasteiger partial charge in [0.1, 0.15) is 5.82 Å². The van der Waals surface area contributed by atoms with E-state index in [0.717, 1.165) is 0 Å². The smallest absolute Gasteiger partial charge is 0.274 e. The van der Waals surface area contributed by atoms with E-state index >= 15 is 0 Å². The molecule has 0 aliphatic heterocycles. The zero-order valence-corrected chi connectivity index (χ0v) is 10.5. The Morgan fingerprint density at radius 2 is 2.33 bits per heavy atom. The molecule has 0 bridgehead atoms. The number of aromatic amines is 1. The Morgan fingerprint density at radius 1 is 1.56 bits per heavy atom. The maximum atomic E-state index is 11.7. The van der Waals surface area contributed by atoms with Crippen LogP contribution in [0.5, 0.6) is 0 Å². The number of nitrogens with two attached hydrogens (primary N) is 1. The summed E-state index contributed by atoms with van der Waals surface area (Å²) in [7, 11) is 0. The van der Waals surface area contributed by atoms with E-state index in [9.17, 15) is 4.79 Å². The summed E-state index contributed by atoms with van der Waals surface area (Å²) in [6.07, 6.45) is 0.430. The van der Waals surface area contributed by atoms with Crippen LogP contribution in [-0.2, 0) is 11.2 Å². The SMILES string of the molecule is CCOC(CN)Cc1nc2nc(C)cc(=O)n2[nH]1. The zero-order chi connectivity index (χ0) is 13.1. The molecule has 0 saturated heterocycles. The average Bonchev–Trinajstić information content (AvgIpc) is 2.71. The van der Waals surface area contributed by atoms with Gasteiger partial charge in [0.05, 0.1) is 6.10 Å². The Balaban J connectivity index is 2.30. The predicted octanol–water partition coefficient (Wildman–Crippen LogP) is -0.368. The van der Waals surface area contributed by atoms with Gasteiger partial charge in [-0.1, -0.05) is 0 Å². The molecule has 0 fully saturated rings. The van der Waals surface area contributed by atoms with Crippen LogP contribution >= 0.6 is 0 Å². The van der Waals surface area contributed by atoms with Gasteiger partial charge in [0.2, 0.25) is 0 Å². The fourth-order valence-electron chi connectivity index (χ4n) is 1.79. The molecule has 2 aromatic rings. The third-order valence-electron chi connectivity index (χ3n) is 2.59. The first-order chi connectivity index (χ1) is 8.63. The molecular formula is C11H17N5O2. The molecule has 0 aliphatic rings. The van der Waals surface area contributed by atoms with E-state index in [0.29, 0.717) is 36.9 Å². The van der Waals surface area contributed by atoms with Gasteiger partial charge in [-0.15, -0.1) is 0 Å². The maximum Gasteiger partial charge on any atom is 0.274 e. The highest BCUT2D eigenvalue weighted by Gasteiger charge is 2.12. The number of aromatic nitrogens is 4. The minimum Gasteiger partial charge on any atom is -0.377 e. The van der Waals surface area contributed by atoms with E-state index in [4.69, 9.17) is 10.5 Å². The maximum absolute atomic E-state index is 11.7. The molecule has 0 amide bonds. The van der Waals surface area contributed by atoms with Gasteiger partial charge >= 0.3 is 0 Å². The van der Waals surface area contributed by atoms with Gasteiger partial charge in [-0.3, -0.25) is 9.89 Å². The van der Waals surface area contributed by atoms with Gasteiger partial charge in [-0.2, -0.15) is 9.50 Å². The van der Waals surface area contributed by atoms with Gasteiger partial charge < -0.3 is 10.5 Å². The number of nitrogens with one attached hydrogen (secondary N) is 1. The lowest BCUT2D eigenvalue weighted by Gasteiger charge is -2.12. The van der Waals surface area contributed by atoms with Crippen LogP contribution in [0.1, 0.15) is 18.4 Å². The van der Waals surface area contributed by atoms with Gasteiger partial charge in [-0.25, -0.2) is 4.98 Å². The molecule has 2 heterocycles. The number of ether oxygens (including phenoxy) is 1. The molecule has 0 aromatic carbocycles. The van der Waals surface area contributed by atoms with E-state index in [1.54, 1.807) is 6.92 Å². The van der Waals surface area contributed by atoms with E-state index in [1.807, 2.05) is 6.92 Å². The predicted molar refractivity (Wildman–Crippen MR) is 66.5 cm³/mol. The molecule has 1 atom stereocenters. The number of nitrogens with zero attached hydrogens (tertiary/aromatic N) is 3. The molecule has 2 rings (SSSR count). The lowest BCUT2D eigenvalue weighted by molar-refractivity contribution is 0.0681. The van der Waals surface area contributed by atoms with Crippen LogP contribution in [0.2, 0.25) is 0 Å². The van der Waals surface area contributed by atoms with Gasteiger partial charge in [0, 0.05) is 31.3 Å². The van der Waals surface area contributed by atoms with Crippen LogP contribution in [0.3, 0.4) is 0 Å². The quantitative estimate of drug-likeness (QED) is 0.755. The fraction of sp³-hybridized carbons (Fsp3) is 0.545. The molecule has 7 nitrogen and oxygen atoms in total. The highest BCUT2D eigenvalue weighted by atomic mass is 16.5. The molecule has 0 spiro atoms. The van der Waals surface area contributed by atoms with Crippen molar-refractivity contribution in [3.63, 3.8) is 0 Å². The molecule has 0 saturated carbocycles. The van der Waals surface area contributed by atoms with E-state index in [2.05, 4.69) is 15.1 Å². The Labute approximate surface area is 104 Å². The molecule has 0 radical (unpaired) electrons. The van der Waals surface area contributed by atoms with Crippen LogP contribution < -0.4 is 11.3 Å². The second-order valence-corrected chi connectivity index (χ2v) is 4.06. The number of aryl methyl sites for hydroxylation is 1. The van der Waals surface area contributed by atoms with Crippen molar-refractivity contribution in [3.05, 3.63) is 27.9 Å². The van der Waals surface area contributed by atoms with Crippen molar-refractivity contribution in [3.8, 4) is 0 Å². The minimum atomic E-state index is -0.169. The Kier molecular flexibility index (Phi) is 3.73. The van der Waals surface area contributed by atoms with Crippen LogP contribution in [0, 0.1) is 6.92 Å². The number of hydrogen-bond acceptors (Lipinski definition) is 5. The van der Waals surface area contributed by atoms with Crippen LogP contribution in [-0.4, -0.2) is 38.8 Å². The first-order valence-electron chi connectivity index (χ1n) is 5.91. The number of hydrogen-bond donors (Lipinski definition) is 2. The van der Waals surface area contributed by atoms with Gasteiger partial charge in [0.25, 0.3) is 11.3 Å². The Bertz CT molecular complexity index is 589. The average molecular weight is 251 g/mol. The second kappa shape index (κ2) is 5.28. The number of H-pyrrole nitrogens is 1. The second-order valence-electron chi connectivity index (χ2n) is 4.06. The highest BCUT2D eigenvalue weighted by Crippen LogP contribution is 2.02. The molecule has 98 valence electrons. The Hall–Kier alpha value is -1.73. The largest absolute Gasteiger partial charge is 0.377 e. The molecule has 2 aromatic heterocycles. The normalized spacial score (nSPS) is 13.1. The summed E-state index contributed by atoms with van der Waals surface area (Å²) >= 11 is 0. The standard InChI is InChI=1S/C11H17N5O2/c1-3-18-8(6-12)5-9-14-11-13-7(2)4-10(17)16(11)15-9/h4,8H,3,5-6,12H2,1-2H3,(H,13,14,15). The number of fused-ring (bicyclic) bond motifs is 1. The molecule has 3 N–H and O–H groups in total. The van der Waals surface area contributed by atoms with E-state index in [-0.39, 0.29) is 11.7 Å². The third-order valence-corrected chi connectivity index (χ3v) is 2.59. The lowest BCUT2D eigenvalue weighted by Crippen LogP contribution is -2.26. The molecule has 1 unspecified atom stereocenters. The van der Waals surface area contributed by atoms with Crippen LogP contribution in [0.4, 0.5) is 0 Å². The lowest BCUT2D eigenvalue weighted by atomic mass is 10.2. The van der Waals surface area contributed by atoms with Gasteiger partial charge in [-0.05, 0) is 13.8 Å². The summed E-state index contributed by atoms with van der Waals surface area (Å²) in [6.45, 7) is 4.68. The fourth-order valence-corrected chi connectivity index (χ4v) is 1.79. The van der Waals surface area contributed by atoms with Crippen molar-refractivity contribution in [2.24, 2.45) is 5.73 Å². The van der Waals surface area contributed by atoms with E-state index in [1.165, 1.54) is 10.6 Å². The number of rotatable bonds is 5. The molecule has 18 heavy (non-hydrogen) atoms. The third kappa shape index (κ3) is 2.57. The highest BCUT2D eigenvalue weighted by molar-refractivity contribution is 5.27. The summed E-state index contributed by atoms with van der Waals surface area (Å²) in [5, 5.41) is 2.91. The van der Waals surface area contributed by atoms with Crippen molar-refractivity contribution >= 4 is 5.78 Å². The van der Waals surface area contributed by atoms with Crippen molar-refractivity contribution < 1.29 is 4.74 Å². The molecule has 0 aliphatic carbocycles. The Morgan fingerprint density at radius 3 is 3.00 bits per heavy atom. The summed E-state index contributed by atoms with van der Waals surface area (Å²) in [5.41, 5.74) is 6.09. The van der Waals surface area contributed by atoms with Crippen molar-refractivity contribution in [1.29, 1.82) is 0 Å². The zero-order valence-electron chi connectivity index (χ0n) is 10.5. The van der Waals surface area contributed by atoms with Crippen molar-refractivity contribution in [2.45, 2.75) is 26.4 Å². The van der Waals surface area contributed by atoms with Crippen molar-refractivity contribution in [1.82, 2.24) is 19.6 Å². The molecular weight excluding hydrogens is 234 g/mol. The summed E-state index contributed by atoms with van der Waals surface area (Å²) in [5.74, 6) is 1.02. The summed E-state index contributed by atoms with van der Waals surface area (Å²) < 4.78 is 6.77. The van der Waals surface area contributed by atoms with Gasteiger partial charge in [0.15, 0.2) is 0 Å². The van der Waals surface area contributed by atoms with Crippen molar-refractivity contribution in [2.75, 3.05) is 13.2 Å². The monoisotopic (exact) mass is 251 g/mol.